The van der Waals surface area contributed by atoms with Crippen molar-refractivity contribution in [3.8, 4) is 0 Å². The zero-order chi connectivity index (χ0) is 13.8. The van der Waals surface area contributed by atoms with Gasteiger partial charge < -0.3 is 9.64 Å². The molecule has 0 radical (unpaired) electrons. The summed E-state index contributed by atoms with van der Waals surface area (Å²) in [4.78, 5) is 2.62. The van der Waals surface area contributed by atoms with Gasteiger partial charge in [-0.05, 0) is 24.3 Å². The molecule has 102 valence electrons. The zero-order valence-electron chi connectivity index (χ0n) is 10.8. The number of benzene rings is 1. The Kier molecular flexibility index (Phi) is 5.62. The van der Waals surface area contributed by atoms with Crippen LogP contribution in [0.2, 0.25) is 0 Å². The van der Waals surface area contributed by atoms with Gasteiger partial charge in [0.1, 0.15) is 0 Å². The average molecular weight is 336 g/mol. The second-order valence-electron chi connectivity index (χ2n) is 4.20. The maximum absolute atomic E-state index is 11.3. The van der Waals surface area contributed by atoms with Crippen LogP contribution in [0.4, 0.5) is 5.69 Å². The quantitative estimate of drug-likeness (QED) is 0.745. The molecule has 0 aliphatic carbocycles. The van der Waals surface area contributed by atoms with Gasteiger partial charge in [0.15, 0.2) is 9.84 Å². The molecule has 0 heterocycles. The first-order chi connectivity index (χ1) is 8.34. The van der Waals surface area contributed by atoms with E-state index >= 15 is 0 Å². The molecule has 0 bridgehead atoms. The summed E-state index contributed by atoms with van der Waals surface area (Å²) in [6, 6.07) is 6.87. The van der Waals surface area contributed by atoms with Gasteiger partial charge in [0.2, 0.25) is 0 Å². The Morgan fingerprint density at radius 2 is 1.89 bits per heavy atom. The van der Waals surface area contributed by atoms with Crippen molar-refractivity contribution in [1.29, 1.82) is 0 Å². The van der Waals surface area contributed by atoms with E-state index in [-0.39, 0.29) is 4.83 Å². The van der Waals surface area contributed by atoms with E-state index in [0.29, 0.717) is 11.5 Å². The number of rotatable bonds is 6. The standard InChI is InChI=1S/C12H18BrNO3S/c1-14(8-10(13)9-17-2)11-4-6-12(7-5-11)18(3,15)16/h4-7,10H,8-9H2,1-3H3. The van der Waals surface area contributed by atoms with Crippen molar-refractivity contribution < 1.29 is 13.2 Å². The molecule has 4 nitrogen and oxygen atoms in total. The molecule has 0 aliphatic rings. The van der Waals surface area contributed by atoms with Crippen molar-refractivity contribution in [3.05, 3.63) is 24.3 Å². The number of hydrogen-bond acceptors (Lipinski definition) is 4. The van der Waals surface area contributed by atoms with Crippen LogP contribution in [-0.2, 0) is 14.6 Å². The molecule has 1 unspecified atom stereocenters. The Hall–Kier alpha value is -0.590. The van der Waals surface area contributed by atoms with Crippen LogP contribution in [0.15, 0.2) is 29.2 Å². The van der Waals surface area contributed by atoms with E-state index in [1.807, 2.05) is 24.1 Å². The van der Waals surface area contributed by atoms with Crippen LogP contribution in [0, 0.1) is 0 Å². The van der Waals surface area contributed by atoms with Crippen LogP contribution in [-0.4, -0.2) is 46.8 Å². The number of methoxy groups -OCH3 is 1. The summed E-state index contributed by atoms with van der Waals surface area (Å²) in [6.45, 7) is 1.41. The summed E-state index contributed by atoms with van der Waals surface area (Å²) in [5, 5.41) is 0. The van der Waals surface area contributed by atoms with Gasteiger partial charge in [-0.2, -0.15) is 0 Å². The number of hydrogen-bond donors (Lipinski definition) is 0. The Morgan fingerprint density at radius 1 is 1.33 bits per heavy atom. The van der Waals surface area contributed by atoms with Crippen LogP contribution in [0.3, 0.4) is 0 Å². The molecule has 0 aliphatic heterocycles. The summed E-state index contributed by atoms with van der Waals surface area (Å²) in [5.74, 6) is 0. The zero-order valence-corrected chi connectivity index (χ0v) is 13.2. The van der Waals surface area contributed by atoms with Gasteiger partial charge in [-0.3, -0.25) is 0 Å². The van der Waals surface area contributed by atoms with Gasteiger partial charge in [0, 0.05) is 32.6 Å². The van der Waals surface area contributed by atoms with Gasteiger partial charge in [0.05, 0.1) is 16.3 Å². The van der Waals surface area contributed by atoms with Gasteiger partial charge in [-0.1, -0.05) is 15.9 Å². The predicted molar refractivity (Wildman–Crippen MR) is 77.4 cm³/mol. The highest BCUT2D eigenvalue weighted by atomic mass is 79.9. The molecule has 0 amide bonds. The second kappa shape index (κ2) is 6.54. The van der Waals surface area contributed by atoms with Crippen LogP contribution in [0.25, 0.3) is 0 Å². The molecular weight excluding hydrogens is 318 g/mol. The summed E-state index contributed by atoms with van der Waals surface area (Å²) < 4.78 is 27.7. The number of anilines is 1. The van der Waals surface area contributed by atoms with Gasteiger partial charge in [-0.25, -0.2) is 8.42 Å². The molecule has 0 N–H and O–H groups in total. The van der Waals surface area contributed by atoms with E-state index in [4.69, 9.17) is 4.74 Å². The van der Waals surface area contributed by atoms with Crippen molar-refractivity contribution in [3.63, 3.8) is 0 Å². The second-order valence-corrected chi connectivity index (χ2v) is 7.51. The molecular formula is C12H18BrNO3S. The Morgan fingerprint density at radius 3 is 2.33 bits per heavy atom. The van der Waals surface area contributed by atoms with Gasteiger partial charge in [0.25, 0.3) is 0 Å². The van der Waals surface area contributed by atoms with Crippen molar-refractivity contribution in [2.75, 3.05) is 38.5 Å². The minimum absolute atomic E-state index is 0.238. The van der Waals surface area contributed by atoms with Gasteiger partial charge in [-0.15, -0.1) is 0 Å². The molecule has 0 saturated carbocycles. The SMILES string of the molecule is COCC(Br)CN(C)c1ccc(S(C)(=O)=O)cc1. The van der Waals surface area contributed by atoms with E-state index in [9.17, 15) is 8.42 Å². The van der Waals surface area contributed by atoms with Crippen LogP contribution < -0.4 is 4.90 Å². The summed E-state index contributed by atoms with van der Waals surface area (Å²) in [6.07, 6.45) is 1.21. The van der Waals surface area contributed by atoms with E-state index in [1.165, 1.54) is 6.26 Å². The minimum Gasteiger partial charge on any atom is -0.383 e. The van der Waals surface area contributed by atoms with E-state index in [1.54, 1.807) is 19.2 Å². The third-order valence-corrected chi connectivity index (χ3v) is 4.21. The number of halogens is 1. The maximum atomic E-state index is 11.3. The predicted octanol–water partition coefficient (Wildman–Crippen LogP) is 1.94. The Labute approximate surface area is 117 Å². The summed E-state index contributed by atoms with van der Waals surface area (Å²) in [5.41, 5.74) is 0.975. The largest absolute Gasteiger partial charge is 0.383 e. The minimum atomic E-state index is -3.12. The lowest BCUT2D eigenvalue weighted by Crippen LogP contribution is -2.28. The molecule has 18 heavy (non-hydrogen) atoms. The fraction of sp³-hybridized carbons (Fsp3) is 0.500. The van der Waals surface area contributed by atoms with Crippen molar-refractivity contribution in [2.24, 2.45) is 0 Å². The Balaban J connectivity index is 2.73. The van der Waals surface area contributed by atoms with Crippen molar-refractivity contribution in [1.82, 2.24) is 0 Å². The first-order valence-corrected chi connectivity index (χ1v) is 8.29. The Bertz CT molecular complexity index is 473. The topological polar surface area (TPSA) is 46.6 Å². The normalized spacial score (nSPS) is 13.3. The third kappa shape index (κ3) is 4.59. The highest BCUT2D eigenvalue weighted by Gasteiger charge is 2.10. The van der Waals surface area contributed by atoms with Crippen molar-refractivity contribution >= 4 is 31.5 Å². The first-order valence-electron chi connectivity index (χ1n) is 5.49. The van der Waals surface area contributed by atoms with Crippen molar-refractivity contribution in [2.45, 2.75) is 9.72 Å². The van der Waals surface area contributed by atoms with Gasteiger partial charge >= 0.3 is 0 Å². The van der Waals surface area contributed by atoms with E-state index in [2.05, 4.69) is 15.9 Å². The van der Waals surface area contributed by atoms with Crippen LogP contribution in [0.5, 0.6) is 0 Å². The first kappa shape index (κ1) is 15.5. The highest BCUT2D eigenvalue weighted by Crippen LogP contribution is 2.18. The average Bonchev–Trinajstić information content (AvgIpc) is 2.28. The number of ether oxygens (including phenoxy) is 1. The smallest absolute Gasteiger partial charge is 0.175 e. The molecule has 0 saturated heterocycles. The molecule has 0 spiro atoms. The lowest BCUT2D eigenvalue weighted by atomic mass is 10.3. The van der Waals surface area contributed by atoms with Crippen LogP contribution in [0.1, 0.15) is 0 Å². The molecule has 1 atom stereocenters. The lowest BCUT2D eigenvalue weighted by Gasteiger charge is -2.22. The van der Waals surface area contributed by atoms with E-state index < -0.39 is 9.84 Å². The monoisotopic (exact) mass is 335 g/mol. The fourth-order valence-corrected chi connectivity index (χ4v) is 2.91. The molecule has 1 rings (SSSR count). The highest BCUT2D eigenvalue weighted by molar-refractivity contribution is 9.09. The third-order valence-electron chi connectivity index (χ3n) is 2.53. The fourth-order valence-electron chi connectivity index (χ4n) is 1.58. The molecule has 0 fully saturated rings. The van der Waals surface area contributed by atoms with E-state index in [0.717, 1.165) is 12.2 Å². The number of nitrogens with zero attached hydrogens (tertiary/aromatic N) is 1. The number of alkyl halides is 1. The van der Waals surface area contributed by atoms with Crippen LogP contribution >= 0.6 is 15.9 Å². The molecule has 0 aromatic heterocycles. The maximum Gasteiger partial charge on any atom is 0.175 e. The summed E-state index contributed by atoms with van der Waals surface area (Å²) in [7, 11) is 0.495. The molecule has 1 aromatic rings. The molecule has 1 aromatic carbocycles. The molecule has 6 heteroatoms. The number of sulfone groups is 1. The lowest BCUT2D eigenvalue weighted by molar-refractivity contribution is 0.202. The summed E-state index contributed by atoms with van der Waals surface area (Å²) >= 11 is 3.52.